The number of benzene rings is 1. The van der Waals surface area contributed by atoms with E-state index in [9.17, 15) is 9.90 Å². The summed E-state index contributed by atoms with van der Waals surface area (Å²) in [6.45, 7) is 4.42. The Labute approximate surface area is 125 Å². The van der Waals surface area contributed by atoms with E-state index in [1.165, 1.54) is 5.56 Å². The number of carbonyl (C=O) groups excluding carboxylic acids is 1. The van der Waals surface area contributed by atoms with Gasteiger partial charge in [-0.3, -0.25) is 9.69 Å². The Morgan fingerprint density at radius 3 is 3.05 bits per heavy atom. The third-order valence-electron chi connectivity index (χ3n) is 4.26. The highest BCUT2D eigenvalue weighted by molar-refractivity contribution is 5.97. The number of hydrogen-bond donors (Lipinski definition) is 1. The fraction of sp³-hybridized carbons (Fsp3) is 0.562. The van der Waals surface area contributed by atoms with Gasteiger partial charge in [-0.25, -0.2) is 0 Å². The Morgan fingerprint density at radius 2 is 2.24 bits per heavy atom. The molecule has 2 unspecified atom stereocenters. The molecule has 114 valence electrons. The van der Waals surface area contributed by atoms with Crippen LogP contribution in [0.4, 0.5) is 5.69 Å². The van der Waals surface area contributed by atoms with Crippen molar-refractivity contribution in [2.75, 3.05) is 37.7 Å². The zero-order valence-electron chi connectivity index (χ0n) is 12.4. The molecule has 0 bridgehead atoms. The summed E-state index contributed by atoms with van der Waals surface area (Å²) < 4.78 is 5.43. The minimum Gasteiger partial charge on any atom is -0.394 e. The van der Waals surface area contributed by atoms with E-state index in [4.69, 9.17) is 4.74 Å². The molecule has 0 aromatic heterocycles. The molecule has 0 aliphatic carbocycles. The molecule has 21 heavy (non-hydrogen) atoms. The van der Waals surface area contributed by atoms with Crippen LogP contribution >= 0.6 is 0 Å². The van der Waals surface area contributed by atoms with Gasteiger partial charge in [0.05, 0.1) is 25.9 Å². The van der Waals surface area contributed by atoms with Crippen LogP contribution in [0.25, 0.3) is 0 Å². The standard InChI is InChI=1S/C16H22N2O3/c1-12-8-13-4-2-3-5-15(13)18(12)16(20)10-17-6-7-21-14(9-17)11-19/h2-5,12,14,19H,6-11H2,1H3. The van der Waals surface area contributed by atoms with Gasteiger partial charge in [-0.05, 0) is 25.0 Å². The van der Waals surface area contributed by atoms with Crippen LogP contribution in [0.5, 0.6) is 0 Å². The molecule has 1 amide bonds. The lowest BCUT2D eigenvalue weighted by Gasteiger charge is -2.33. The van der Waals surface area contributed by atoms with E-state index in [1.54, 1.807) is 0 Å². The minimum absolute atomic E-state index is 0.00758. The average Bonchev–Trinajstić information content (AvgIpc) is 2.83. The third-order valence-corrected chi connectivity index (χ3v) is 4.26. The molecule has 1 aromatic carbocycles. The predicted octanol–water partition coefficient (Wildman–Crippen LogP) is 0.657. The summed E-state index contributed by atoms with van der Waals surface area (Å²) in [7, 11) is 0. The van der Waals surface area contributed by atoms with E-state index < -0.39 is 0 Å². The SMILES string of the molecule is CC1Cc2ccccc2N1C(=O)CN1CCOC(CO)C1. The van der Waals surface area contributed by atoms with E-state index in [-0.39, 0.29) is 24.7 Å². The van der Waals surface area contributed by atoms with Gasteiger partial charge in [0.1, 0.15) is 0 Å². The second-order valence-electron chi connectivity index (χ2n) is 5.86. The lowest BCUT2D eigenvalue weighted by Crippen LogP contribution is -2.49. The monoisotopic (exact) mass is 290 g/mol. The number of para-hydroxylation sites is 1. The van der Waals surface area contributed by atoms with Gasteiger partial charge in [-0.1, -0.05) is 18.2 Å². The number of rotatable bonds is 3. The molecule has 2 aliphatic rings. The van der Waals surface area contributed by atoms with E-state index in [0.717, 1.165) is 18.7 Å². The fourth-order valence-electron chi connectivity index (χ4n) is 3.25. The first kappa shape index (κ1) is 14.5. The van der Waals surface area contributed by atoms with Crippen molar-refractivity contribution in [1.82, 2.24) is 4.90 Å². The largest absolute Gasteiger partial charge is 0.394 e. The number of amides is 1. The van der Waals surface area contributed by atoms with Crippen molar-refractivity contribution in [3.63, 3.8) is 0 Å². The van der Waals surface area contributed by atoms with Gasteiger partial charge in [-0.15, -0.1) is 0 Å². The first-order valence-corrected chi connectivity index (χ1v) is 7.54. The van der Waals surface area contributed by atoms with E-state index >= 15 is 0 Å². The number of fused-ring (bicyclic) bond motifs is 1. The maximum Gasteiger partial charge on any atom is 0.241 e. The van der Waals surface area contributed by atoms with Crippen molar-refractivity contribution in [2.45, 2.75) is 25.5 Å². The summed E-state index contributed by atoms with van der Waals surface area (Å²) in [4.78, 5) is 16.6. The highest BCUT2D eigenvalue weighted by Crippen LogP contribution is 2.31. The maximum atomic E-state index is 12.7. The molecule has 1 aromatic rings. The molecule has 1 saturated heterocycles. The van der Waals surface area contributed by atoms with Gasteiger partial charge in [-0.2, -0.15) is 0 Å². The summed E-state index contributed by atoms with van der Waals surface area (Å²) in [5, 5.41) is 9.18. The normalized spacial score (nSPS) is 25.9. The van der Waals surface area contributed by atoms with Crippen LogP contribution in [0.2, 0.25) is 0 Å². The number of nitrogens with zero attached hydrogens (tertiary/aromatic N) is 2. The van der Waals surface area contributed by atoms with Gasteiger partial charge in [0.2, 0.25) is 5.91 Å². The second-order valence-corrected chi connectivity index (χ2v) is 5.86. The number of aliphatic hydroxyl groups is 1. The van der Waals surface area contributed by atoms with Gasteiger partial charge < -0.3 is 14.7 Å². The number of anilines is 1. The zero-order valence-corrected chi connectivity index (χ0v) is 12.4. The molecule has 1 fully saturated rings. The average molecular weight is 290 g/mol. The number of morpholine rings is 1. The van der Waals surface area contributed by atoms with Gasteiger partial charge in [0.15, 0.2) is 0 Å². The molecule has 2 atom stereocenters. The second kappa shape index (κ2) is 6.13. The molecular formula is C16H22N2O3. The molecular weight excluding hydrogens is 268 g/mol. The molecule has 2 aliphatic heterocycles. The van der Waals surface area contributed by atoms with E-state index in [1.807, 2.05) is 23.1 Å². The van der Waals surface area contributed by atoms with Crippen LogP contribution in [0.15, 0.2) is 24.3 Å². The van der Waals surface area contributed by atoms with Crippen molar-refractivity contribution in [3.8, 4) is 0 Å². The third kappa shape index (κ3) is 2.95. The molecule has 1 N–H and O–H groups in total. The summed E-state index contributed by atoms with van der Waals surface area (Å²) >= 11 is 0. The lowest BCUT2D eigenvalue weighted by atomic mass is 10.1. The van der Waals surface area contributed by atoms with E-state index in [0.29, 0.717) is 19.7 Å². The first-order chi connectivity index (χ1) is 10.2. The molecule has 0 saturated carbocycles. The summed E-state index contributed by atoms with van der Waals surface area (Å²) in [6.07, 6.45) is 0.749. The van der Waals surface area contributed by atoms with Crippen molar-refractivity contribution in [3.05, 3.63) is 29.8 Å². The predicted molar refractivity (Wildman–Crippen MR) is 80.4 cm³/mol. The fourth-order valence-corrected chi connectivity index (χ4v) is 3.25. The van der Waals surface area contributed by atoms with Gasteiger partial charge in [0.25, 0.3) is 0 Å². The number of carbonyl (C=O) groups is 1. The Balaban J connectivity index is 1.68. The molecule has 2 heterocycles. The van der Waals surface area contributed by atoms with Crippen LogP contribution in [0.3, 0.4) is 0 Å². The van der Waals surface area contributed by atoms with Crippen LogP contribution in [0.1, 0.15) is 12.5 Å². The van der Waals surface area contributed by atoms with Crippen molar-refractivity contribution < 1.29 is 14.6 Å². The quantitative estimate of drug-likeness (QED) is 0.888. The first-order valence-electron chi connectivity index (χ1n) is 7.54. The highest BCUT2D eigenvalue weighted by atomic mass is 16.5. The summed E-state index contributed by atoms with van der Waals surface area (Å²) in [6, 6.07) is 8.33. The minimum atomic E-state index is -0.171. The molecule has 5 nitrogen and oxygen atoms in total. The lowest BCUT2D eigenvalue weighted by molar-refractivity contribution is -0.122. The zero-order chi connectivity index (χ0) is 14.8. The van der Waals surface area contributed by atoms with Gasteiger partial charge in [0, 0.05) is 24.8 Å². The molecule has 0 radical (unpaired) electrons. The molecule has 5 heteroatoms. The number of ether oxygens (including phenoxy) is 1. The summed E-state index contributed by atoms with van der Waals surface area (Å²) in [5.74, 6) is 0.131. The Bertz CT molecular complexity index is 520. The Hall–Kier alpha value is -1.43. The van der Waals surface area contributed by atoms with Crippen LogP contribution in [0, 0.1) is 0 Å². The summed E-state index contributed by atoms with van der Waals surface area (Å²) in [5.41, 5.74) is 2.29. The number of aliphatic hydroxyl groups excluding tert-OH is 1. The molecule has 0 spiro atoms. The highest BCUT2D eigenvalue weighted by Gasteiger charge is 2.32. The van der Waals surface area contributed by atoms with Crippen molar-refractivity contribution in [1.29, 1.82) is 0 Å². The van der Waals surface area contributed by atoms with Crippen molar-refractivity contribution in [2.24, 2.45) is 0 Å². The van der Waals surface area contributed by atoms with Crippen molar-refractivity contribution >= 4 is 11.6 Å². The van der Waals surface area contributed by atoms with Crippen LogP contribution in [-0.2, 0) is 16.0 Å². The van der Waals surface area contributed by atoms with Gasteiger partial charge >= 0.3 is 0 Å². The maximum absolute atomic E-state index is 12.7. The van der Waals surface area contributed by atoms with Crippen LogP contribution < -0.4 is 4.90 Å². The van der Waals surface area contributed by atoms with Crippen LogP contribution in [-0.4, -0.2) is 60.9 Å². The Morgan fingerprint density at radius 1 is 1.43 bits per heavy atom. The molecule has 3 rings (SSSR count). The number of hydrogen-bond acceptors (Lipinski definition) is 4. The van der Waals surface area contributed by atoms with E-state index in [2.05, 4.69) is 17.9 Å². The Kier molecular flexibility index (Phi) is 4.24. The topological polar surface area (TPSA) is 53.0 Å². The smallest absolute Gasteiger partial charge is 0.241 e.